The fourth-order valence-electron chi connectivity index (χ4n) is 2.48. The zero-order valence-corrected chi connectivity index (χ0v) is 17.8. The molecule has 6 heteroatoms. The molecule has 4 nitrogen and oxygen atoms in total. The Morgan fingerprint density at radius 2 is 1.74 bits per heavy atom. The van der Waals surface area contributed by atoms with Crippen LogP contribution >= 0.6 is 23.8 Å². The van der Waals surface area contributed by atoms with Crippen LogP contribution in [0.4, 0.5) is 5.69 Å². The Morgan fingerprint density at radius 3 is 2.26 bits per heavy atom. The lowest BCUT2D eigenvalue weighted by atomic mass is 9.87. The molecule has 3 N–H and O–H groups in total. The maximum Gasteiger partial charge on any atom is 0.257 e. The molecule has 0 unspecified atom stereocenters. The van der Waals surface area contributed by atoms with Crippen molar-refractivity contribution in [1.29, 1.82) is 0 Å². The number of carbonyl (C=O) groups is 1. The van der Waals surface area contributed by atoms with Gasteiger partial charge < -0.3 is 10.4 Å². The van der Waals surface area contributed by atoms with E-state index in [1.165, 1.54) is 0 Å². The number of aromatic hydroxyl groups is 1. The lowest BCUT2D eigenvalue weighted by Gasteiger charge is -2.21. The Bertz CT molecular complexity index is 856. The van der Waals surface area contributed by atoms with Crippen LogP contribution in [0.15, 0.2) is 36.4 Å². The van der Waals surface area contributed by atoms with Crippen molar-refractivity contribution in [3.63, 3.8) is 0 Å². The second-order valence-corrected chi connectivity index (χ2v) is 8.60. The summed E-state index contributed by atoms with van der Waals surface area (Å²) in [7, 11) is 0. The van der Waals surface area contributed by atoms with Gasteiger partial charge in [-0.05, 0) is 58.9 Å². The van der Waals surface area contributed by atoms with Crippen molar-refractivity contribution in [1.82, 2.24) is 5.32 Å². The lowest BCUT2D eigenvalue weighted by molar-refractivity contribution is 0.0977. The van der Waals surface area contributed by atoms with Crippen LogP contribution in [0, 0.1) is 0 Å². The van der Waals surface area contributed by atoms with Crippen molar-refractivity contribution in [3.05, 3.63) is 58.1 Å². The Labute approximate surface area is 170 Å². The predicted octanol–water partition coefficient (Wildman–Crippen LogP) is 5.59. The number of halogens is 1. The van der Waals surface area contributed by atoms with Crippen molar-refractivity contribution < 1.29 is 9.90 Å². The number of anilines is 1. The van der Waals surface area contributed by atoms with E-state index >= 15 is 0 Å². The number of benzene rings is 2. The molecule has 2 rings (SSSR count). The molecule has 0 radical (unpaired) electrons. The van der Waals surface area contributed by atoms with Crippen LogP contribution in [0.25, 0.3) is 0 Å². The number of hydrogen-bond donors (Lipinski definition) is 3. The Hall–Kier alpha value is -2.11. The van der Waals surface area contributed by atoms with E-state index in [1.54, 1.807) is 24.3 Å². The van der Waals surface area contributed by atoms with Gasteiger partial charge in [0.15, 0.2) is 10.9 Å². The first kappa shape index (κ1) is 21.2. The van der Waals surface area contributed by atoms with Crippen LogP contribution in [0.3, 0.4) is 0 Å². The zero-order chi connectivity index (χ0) is 20.4. The van der Waals surface area contributed by atoms with Gasteiger partial charge in [-0.2, -0.15) is 0 Å². The van der Waals surface area contributed by atoms with Gasteiger partial charge in [0.2, 0.25) is 0 Å². The molecule has 2 aromatic rings. The Morgan fingerprint density at radius 1 is 1.15 bits per heavy atom. The first-order chi connectivity index (χ1) is 12.5. The highest BCUT2D eigenvalue weighted by Crippen LogP contribution is 2.37. The van der Waals surface area contributed by atoms with Crippen LogP contribution in [0.5, 0.6) is 5.75 Å². The molecule has 0 saturated heterocycles. The van der Waals surface area contributed by atoms with E-state index in [0.717, 1.165) is 11.1 Å². The first-order valence-electron chi connectivity index (χ1n) is 8.74. The van der Waals surface area contributed by atoms with Gasteiger partial charge >= 0.3 is 0 Å². The molecule has 0 aliphatic heterocycles. The summed E-state index contributed by atoms with van der Waals surface area (Å²) in [5, 5.41) is 16.0. The molecule has 0 aliphatic carbocycles. The van der Waals surface area contributed by atoms with Crippen molar-refractivity contribution in [3.8, 4) is 5.75 Å². The third kappa shape index (κ3) is 5.44. The standard InChI is InChI=1S/C21H25ClN2O2S/c1-12(2)13-6-8-14(9-7-13)19(26)24-20(27)23-17-11-15(21(3,4)5)10-16(22)18(17)25/h6-12,25H,1-5H3,(H2,23,24,26,27). The van der Waals surface area contributed by atoms with Crippen molar-refractivity contribution in [2.75, 3.05) is 5.32 Å². The number of thiocarbonyl (C=S) groups is 1. The molecule has 27 heavy (non-hydrogen) atoms. The second kappa shape index (κ2) is 8.28. The van der Waals surface area contributed by atoms with E-state index < -0.39 is 0 Å². The summed E-state index contributed by atoms with van der Waals surface area (Å²) in [6.07, 6.45) is 0. The van der Waals surface area contributed by atoms with Crippen LogP contribution in [0.2, 0.25) is 5.02 Å². The molecule has 0 fully saturated rings. The minimum atomic E-state index is -0.319. The summed E-state index contributed by atoms with van der Waals surface area (Å²) >= 11 is 11.4. The summed E-state index contributed by atoms with van der Waals surface area (Å²) in [5.74, 6) is -0.0319. The molecule has 0 atom stereocenters. The van der Waals surface area contributed by atoms with Gasteiger partial charge in [-0.25, -0.2) is 0 Å². The number of phenolic OH excluding ortho intramolecular Hbond substituents is 1. The monoisotopic (exact) mass is 404 g/mol. The summed E-state index contributed by atoms with van der Waals surface area (Å²) in [4.78, 5) is 12.4. The number of carbonyl (C=O) groups excluding carboxylic acids is 1. The molecular formula is C21H25ClN2O2S. The minimum absolute atomic E-state index is 0.0883. The van der Waals surface area contributed by atoms with Crippen LogP contribution in [-0.4, -0.2) is 16.1 Å². The highest BCUT2D eigenvalue weighted by atomic mass is 35.5. The third-order valence-electron chi connectivity index (χ3n) is 4.24. The molecule has 1 amide bonds. The van der Waals surface area contributed by atoms with Gasteiger partial charge in [-0.1, -0.05) is 58.4 Å². The van der Waals surface area contributed by atoms with Gasteiger partial charge in [0, 0.05) is 5.56 Å². The SMILES string of the molecule is CC(C)c1ccc(C(=O)NC(=S)Nc2cc(C(C)(C)C)cc(Cl)c2O)cc1. The van der Waals surface area contributed by atoms with E-state index in [1.807, 2.05) is 32.9 Å². The number of hydrogen-bond acceptors (Lipinski definition) is 3. The van der Waals surface area contributed by atoms with E-state index in [9.17, 15) is 9.90 Å². The lowest BCUT2D eigenvalue weighted by Crippen LogP contribution is -2.34. The molecule has 0 aromatic heterocycles. The Balaban J connectivity index is 2.13. The van der Waals surface area contributed by atoms with Crippen LogP contribution in [-0.2, 0) is 5.41 Å². The fourth-order valence-corrected chi connectivity index (χ4v) is 2.90. The average Bonchev–Trinajstić information content (AvgIpc) is 2.57. The fraction of sp³-hybridized carbons (Fsp3) is 0.333. The summed E-state index contributed by atoms with van der Waals surface area (Å²) in [5.41, 5.74) is 2.80. The van der Waals surface area contributed by atoms with Gasteiger partial charge in [0.25, 0.3) is 5.91 Å². The third-order valence-corrected chi connectivity index (χ3v) is 4.74. The molecular weight excluding hydrogens is 380 g/mol. The number of amides is 1. The molecule has 144 valence electrons. The van der Waals surface area contributed by atoms with Crippen molar-refractivity contribution in [2.45, 2.75) is 46.0 Å². The van der Waals surface area contributed by atoms with Crippen LogP contribution < -0.4 is 10.6 Å². The summed E-state index contributed by atoms with van der Waals surface area (Å²) < 4.78 is 0. The van der Waals surface area contributed by atoms with Gasteiger partial charge in [0.1, 0.15) is 0 Å². The smallest absolute Gasteiger partial charge is 0.257 e. The van der Waals surface area contributed by atoms with Crippen LogP contribution in [0.1, 0.15) is 62.0 Å². The van der Waals surface area contributed by atoms with E-state index in [-0.39, 0.29) is 27.2 Å². The molecule has 0 heterocycles. The Kier molecular flexibility index (Phi) is 6.50. The first-order valence-corrected chi connectivity index (χ1v) is 9.53. The van der Waals surface area contributed by atoms with Gasteiger partial charge in [-0.3, -0.25) is 10.1 Å². The number of nitrogens with one attached hydrogen (secondary N) is 2. The normalized spacial score (nSPS) is 11.4. The second-order valence-electron chi connectivity index (χ2n) is 7.79. The zero-order valence-electron chi connectivity index (χ0n) is 16.2. The minimum Gasteiger partial charge on any atom is -0.504 e. The number of rotatable bonds is 3. The average molecular weight is 405 g/mol. The molecule has 0 aliphatic rings. The van der Waals surface area contributed by atoms with Gasteiger partial charge in [0.05, 0.1) is 10.7 Å². The molecule has 0 spiro atoms. The largest absolute Gasteiger partial charge is 0.504 e. The van der Waals surface area contributed by atoms with E-state index in [2.05, 4.69) is 24.5 Å². The molecule has 0 bridgehead atoms. The van der Waals surface area contributed by atoms with Crippen molar-refractivity contribution >= 4 is 40.5 Å². The number of phenols is 1. The topological polar surface area (TPSA) is 61.4 Å². The van der Waals surface area contributed by atoms with Crippen molar-refractivity contribution in [2.24, 2.45) is 0 Å². The summed E-state index contributed by atoms with van der Waals surface area (Å²) in [6.45, 7) is 10.3. The highest BCUT2D eigenvalue weighted by Gasteiger charge is 2.19. The maximum absolute atomic E-state index is 12.4. The van der Waals surface area contributed by atoms with E-state index in [4.69, 9.17) is 23.8 Å². The highest BCUT2D eigenvalue weighted by molar-refractivity contribution is 7.80. The quantitative estimate of drug-likeness (QED) is 0.460. The van der Waals surface area contributed by atoms with E-state index in [0.29, 0.717) is 17.2 Å². The van der Waals surface area contributed by atoms with Gasteiger partial charge in [-0.15, -0.1) is 0 Å². The molecule has 0 saturated carbocycles. The summed E-state index contributed by atoms with van der Waals surface area (Å²) in [6, 6.07) is 10.9. The molecule has 2 aromatic carbocycles. The predicted molar refractivity (Wildman–Crippen MR) is 116 cm³/mol. The maximum atomic E-state index is 12.4.